The number of carbonyl (C=O) groups excluding carboxylic acids is 1. The molecular weight excluding hydrogens is 320 g/mol. The molecule has 3 aromatic rings. The normalized spacial score (nSPS) is 10.8. The number of pyridine rings is 1. The lowest BCUT2D eigenvalue weighted by Gasteiger charge is -2.22. The van der Waals surface area contributed by atoms with Crippen molar-refractivity contribution in [2.75, 3.05) is 6.54 Å². The number of rotatable bonds is 4. The fourth-order valence-corrected chi connectivity index (χ4v) is 2.89. The third kappa shape index (κ3) is 3.41. The first-order valence-corrected chi connectivity index (χ1v) is 8.36. The van der Waals surface area contributed by atoms with Gasteiger partial charge in [-0.15, -0.1) is 0 Å². The maximum Gasteiger partial charge on any atom is 0.254 e. The summed E-state index contributed by atoms with van der Waals surface area (Å²) in [5.41, 5.74) is 3.83. The van der Waals surface area contributed by atoms with Gasteiger partial charge in [-0.3, -0.25) is 4.79 Å². The summed E-state index contributed by atoms with van der Waals surface area (Å²) in [6.07, 6.45) is 0. The predicted molar refractivity (Wildman–Crippen MR) is 98.3 cm³/mol. The molecule has 3 nitrogen and oxygen atoms in total. The Balaban J connectivity index is 1.88. The number of nitrogens with zero attached hydrogens (tertiary/aromatic N) is 2. The van der Waals surface area contributed by atoms with Crippen LogP contribution in [0.1, 0.15) is 28.4 Å². The lowest BCUT2D eigenvalue weighted by atomic mass is 10.1. The molecule has 0 spiro atoms. The highest BCUT2D eigenvalue weighted by molar-refractivity contribution is 6.29. The van der Waals surface area contributed by atoms with E-state index in [-0.39, 0.29) is 5.91 Å². The van der Waals surface area contributed by atoms with Gasteiger partial charge in [-0.1, -0.05) is 35.9 Å². The third-order valence-electron chi connectivity index (χ3n) is 4.19. The Kier molecular flexibility index (Phi) is 4.81. The molecule has 0 saturated carbocycles. The number of hydrogen-bond donors (Lipinski definition) is 0. The summed E-state index contributed by atoms with van der Waals surface area (Å²) in [6.45, 7) is 5.33. The van der Waals surface area contributed by atoms with Crippen LogP contribution in [-0.4, -0.2) is 22.3 Å². The summed E-state index contributed by atoms with van der Waals surface area (Å²) in [4.78, 5) is 19.0. The Morgan fingerprint density at radius 1 is 1.12 bits per heavy atom. The quantitative estimate of drug-likeness (QED) is 0.636. The molecule has 0 aliphatic carbocycles. The summed E-state index contributed by atoms with van der Waals surface area (Å²) < 4.78 is 0. The van der Waals surface area contributed by atoms with Gasteiger partial charge in [0.1, 0.15) is 5.15 Å². The number of halogens is 1. The summed E-state index contributed by atoms with van der Waals surface area (Å²) in [6, 6.07) is 17.3. The van der Waals surface area contributed by atoms with E-state index >= 15 is 0 Å². The topological polar surface area (TPSA) is 33.2 Å². The van der Waals surface area contributed by atoms with E-state index in [2.05, 4.69) is 24.0 Å². The van der Waals surface area contributed by atoms with Crippen molar-refractivity contribution >= 4 is 28.4 Å². The first kappa shape index (κ1) is 16.5. The number of fused-ring (bicyclic) bond motifs is 1. The van der Waals surface area contributed by atoms with Crippen LogP contribution in [0.4, 0.5) is 0 Å². The van der Waals surface area contributed by atoms with Crippen molar-refractivity contribution in [1.29, 1.82) is 0 Å². The van der Waals surface area contributed by atoms with E-state index < -0.39 is 0 Å². The Morgan fingerprint density at radius 2 is 1.92 bits per heavy atom. The van der Waals surface area contributed by atoms with Gasteiger partial charge in [0.15, 0.2) is 0 Å². The molecule has 1 heterocycles. The molecule has 0 unspecified atom stereocenters. The molecule has 0 aliphatic heterocycles. The van der Waals surface area contributed by atoms with E-state index in [0.29, 0.717) is 23.8 Å². The molecule has 1 aromatic heterocycles. The molecule has 1 amide bonds. The van der Waals surface area contributed by atoms with Gasteiger partial charge < -0.3 is 4.90 Å². The van der Waals surface area contributed by atoms with Gasteiger partial charge in [0.2, 0.25) is 0 Å². The Hall–Kier alpha value is -2.39. The van der Waals surface area contributed by atoms with Crippen LogP contribution in [0.2, 0.25) is 5.15 Å². The molecule has 0 saturated heterocycles. The summed E-state index contributed by atoms with van der Waals surface area (Å²) >= 11 is 5.91. The summed E-state index contributed by atoms with van der Waals surface area (Å²) in [5, 5.41) is 1.37. The van der Waals surface area contributed by atoms with Crippen molar-refractivity contribution < 1.29 is 4.79 Å². The van der Waals surface area contributed by atoms with Crippen molar-refractivity contribution in [3.8, 4) is 0 Å². The number of aryl methyl sites for hydroxylation is 1. The second-order valence-corrected chi connectivity index (χ2v) is 6.17. The van der Waals surface area contributed by atoms with Gasteiger partial charge in [0, 0.05) is 24.0 Å². The Morgan fingerprint density at radius 3 is 2.67 bits per heavy atom. The molecule has 24 heavy (non-hydrogen) atoms. The Bertz CT molecular complexity index is 892. The van der Waals surface area contributed by atoms with Crippen LogP contribution in [0.15, 0.2) is 54.6 Å². The zero-order chi connectivity index (χ0) is 17.1. The van der Waals surface area contributed by atoms with Crippen LogP contribution in [0, 0.1) is 6.92 Å². The monoisotopic (exact) mass is 338 g/mol. The lowest BCUT2D eigenvalue weighted by Crippen LogP contribution is -2.30. The van der Waals surface area contributed by atoms with Gasteiger partial charge in [-0.25, -0.2) is 4.98 Å². The van der Waals surface area contributed by atoms with Crippen LogP contribution in [0.25, 0.3) is 10.9 Å². The van der Waals surface area contributed by atoms with Crippen LogP contribution < -0.4 is 0 Å². The van der Waals surface area contributed by atoms with Gasteiger partial charge in [0.05, 0.1) is 5.52 Å². The Labute approximate surface area is 146 Å². The zero-order valence-corrected chi connectivity index (χ0v) is 14.5. The van der Waals surface area contributed by atoms with Gasteiger partial charge in [-0.05, 0) is 55.3 Å². The van der Waals surface area contributed by atoms with Gasteiger partial charge >= 0.3 is 0 Å². The summed E-state index contributed by atoms with van der Waals surface area (Å²) in [5.74, 6) is 0.0256. The SMILES string of the molecule is CCN(Cc1ccccc1C)C(=O)c1ccc2nc(Cl)ccc2c1. The number of amides is 1. The standard InChI is InChI=1S/C20H19ClN2O/c1-3-23(13-17-7-5-4-6-14(17)2)20(24)16-8-10-18-15(12-16)9-11-19(21)22-18/h4-12H,3,13H2,1-2H3. The first-order chi connectivity index (χ1) is 11.6. The van der Waals surface area contributed by atoms with Crippen molar-refractivity contribution in [2.45, 2.75) is 20.4 Å². The van der Waals surface area contributed by atoms with E-state index in [9.17, 15) is 4.79 Å². The van der Waals surface area contributed by atoms with Crippen molar-refractivity contribution in [3.05, 3.63) is 76.4 Å². The molecule has 4 heteroatoms. The fourth-order valence-electron chi connectivity index (χ4n) is 2.74. The second-order valence-electron chi connectivity index (χ2n) is 5.79. The van der Waals surface area contributed by atoms with Crippen LogP contribution in [0.5, 0.6) is 0 Å². The molecule has 0 bridgehead atoms. The van der Waals surface area contributed by atoms with Crippen LogP contribution in [0.3, 0.4) is 0 Å². The molecule has 0 N–H and O–H groups in total. The highest BCUT2D eigenvalue weighted by Crippen LogP contribution is 2.19. The highest BCUT2D eigenvalue weighted by Gasteiger charge is 2.16. The molecule has 3 rings (SSSR count). The second kappa shape index (κ2) is 7.02. The largest absolute Gasteiger partial charge is 0.335 e. The van der Waals surface area contributed by atoms with E-state index in [1.807, 2.05) is 48.2 Å². The lowest BCUT2D eigenvalue weighted by molar-refractivity contribution is 0.0752. The fraction of sp³-hybridized carbons (Fsp3) is 0.200. The number of benzene rings is 2. The van der Waals surface area contributed by atoms with Gasteiger partial charge in [-0.2, -0.15) is 0 Å². The number of hydrogen-bond acceptors (Lipinski definition) is 2. The minimum Gasteiger partial charge on any atom is -0.335 e. The molecule has 0 fully saturated rings. The van der Waals surface area contributed by atoms with E-state index in [4.69, 9.17) is 11.6 Å². The molecule has 2 aromatic carbocycles. The smallest absolute Gasteiger partial charge is 0.254 e. The molecule has 0 aliphatic rings. The minimum atomic E-state index is 0.0256. The van der Waals surface area contributed by atoms with E-state index in [1.165, 1.54) is 11.1 Å². The van der Waals surface area contributed by atoms with E-state index in [1.54, 1.807) is 6.07 Å². The molecular formula is C20H19ClN2O. The summed E-state index contributed by atoms with van der Waals surface area (Å²) in [7, 11) is 0. The number of aromatic nitrogens is 1. The highest BCUT2D eigenvalue weighted by atomic mass is 35.5. The molecule has 0 radical (unpaired) electrons. The minimum absolute atomic E-state index is 0.0256. The van der Waals surface area contributed by atoms with Gasteiger partial charge in [0.25, 0.3) is 5.91 Å². The average molecular weight is 339 g/mol. The van der Waals surface area contributed by atoms with Crippen molar-refractivity contribution in [3.63, 3.8) is 0 Å². The number of carbonyl (C=O) groups is 1. The van der Waals surface area contributed by atoms with Crippen LogP contribution >= 0.6 is 11.6 Å². The zero-order valence-electron chi connectivity index (χ0n) is 13.8. The first-order valence-electron chi connectivity index (χ1n) is 7.98. The average Bonchev–Trinajstić information content (AvgIpc) is 2.60. The predicted octanol–water partition coefficient (Wildman–Crippen LogP) is 4.86. The van der Waals surface area contributed by atoms with E-state index in [0.717, 1.165) is 10.9 Å². The molecule has 122 valence electrons. The van der Waals surface area contributed by atoms with Crippen LogP contribution in [-0.2, 0) is 6.54 Å². The maximum absolute atomic E-state index is 12.9. The van der Waals surface area contributed by atoms with Crippen molar-refractivity contribution in [1.82, 2.24) is 9.88 Å². The molecule has 0 atom stereocenters. The maximum atomic E-state index is 12.9. The van der Waals surface area contributed by atoms with Crippen molar-refractivity contribution in [2.24, 2.45) is 0 Å². The third-order valence-corrected chi connectivity index (χ3v) is 4.40.